The van der Waals surface area contributed by atoms with Crippen molar-refractivity contribution < 1.29 is 13.6 Å². The Morgan fingerprint density at radius 3 is 2.59 bits per heavy atom. The van der Waals surface area contributed by atoms with Gasteiger partial charge in [0.25, 0.3) is 5.91 Å². The van der Waals surface area contributed by atoms with Gasteiger partial charge < -0.3 is 5.32 Å². The predicted molar refractivity (Wildman–Crippen MR) is 104 cm³/mol. The molecule has 0 saturated carbocycles. The maximum atomic E-state index is 13.7. The fourth-order valence-corrected chi connectivity index (χ4v) is 2.91. The van der Waals surface area contributed by atoms with Gasteiger partial charge in [0.1, 0.15) is 27.6 Å². The summed E-state index contributed by atoms with van der Waals surface area (Å²) >= 11 is 14.2. The second-order valence-corrected chi connectivity index (χ2v) is 6.71. The van der Waals surface area contributed by atoms with Crippen molar-refractivity contribution in [2.45, 2.75) is 0 Å². The largest absolute Gasteiger partial charge is 0.328 e. The lowest BCUT2D eigenvalue weighted by atomic mass is 10.3. The minimum absolute atomic E-state index is 0.0561. The van der Waals surface area contributed by atoms with Crippen LogP contribution in [0.3, 0.4) is 0 Å². The molecule has 11 heteroatoms. The van der Waals surface area contributed by atoms with E-state index >= 15 is 0 Å². The van der Waals surface area contributed by atoms with Crippen molar-refractivity contribution in [1.29, 1.82) is 0 Å². The molecule has 27 heavy (non-hydrogen) atoms. The minimum atomic E-state index is -0.848. The van der Waals surface area contributed by atoms with E-state index in [-0.39, 0.29) is 21.6 Å². The summed E-state index contributed by atoms with van der Waals surface area (Å²) in [6.07, 6.45) is 1.49. The lowest BCUT2D eigenvalue weighted by Gasteiger charge is -2.12. The van der Waals surface area contributed by atoms with E-state index in [1.807, 2.05) is 0 Å². The molecule has 0 atom stereocenters. The molecule has 0 aliphatic carbocycles. The number of nitrogens with zero attached hydrogens (tertiary/aromatic N) is 3. The summed E-state index contributed by atoms with van der Waals surface area (Å²) in [6, 6.07) is 7.98. The number of thiocarbonyl (C=S) groups is 1. The Balaban J connectivity index is 1.83. The van der Waals surface area contributed by atoms with Gasteiger partial charge in [-0.25, -0.2) is 18.4 Å². The summed E-state index contributed by atoms with van der Waals surface area (Å²) in [5.41, 5.74) is -0.411. The van der Waals surface area contributed by atoms with Crippen molar-refractivity contribution in [3.05, 3.63) is 69.5 Å². The fraction of sp³-hybridized carbons (Fsp3) is 0. The number of nitrogens with one attached hydrogen (secondary N) is 2. The highest BCUT2D eigenvalue weighted by Gasteiger charge is 2.20. The van der Waals surface area contributed by atoms with E-state index < -0.39 is 23.2 Å². The van der Waals surface area contributed by atoms with E-state index in [9.17, 15) is 13.6 Å². The number of hydrogen-bond donors (Lipinski definition) is 2. The molecule has 1 aromatic carbocycles. The molecule has 6 nitrogen and oxygen atoms in total. The first-order valence-electron chi connectivity index (χ1n) is 7.29. The van der Waals surface area contributed by atoms with Gasteiger partial charge in [0.2, 0.25) is 0 Å². The van der Waals surface area contributed by atoms with Gasteiger partial charge in [-0.1, -0.05) is 17.7 Å². The topological polar surface area (TPSA) is 71.8 Å². The average Bonchev–Trinajstić information content (AvgIpc) is 3.00. The standard InChI is InChI=1S/C16H9BrClF2N5OS/c17-12-7-11(25(24-12)14-8(18)3-2-6-21-14)15(26)23-16(27)22-13-9(19)4-1-5-10(13)20/h1-7H,(H2,22,23,26,27). The summed E-state index contributed by atoms with van der Waals surface area (Å²) in [4.78, 5) is 16.7. The number of carbonyl (C=O) groups is 1. The Kier molecular flexibility index (Phi) is 5.78. The molecular formula is C16H9BrClF2N5OS. The van der Waals surface area contributed by atoms with Crippen LogP contribution >= 0.6 is 39.7 Å². The Hall–Kier alpha value is -2.43. The van der Waals surface area contributed by atoms with Gasteiger partial charge >= 0.3 is 0 Å². The molecule has 0 unspecified atom stereocenters. The Labute approximate surface area is 170 Å². The van der Waals surface area contributed by atoms with Crippen LogP contribution in [0, 0.1) is 11.6 Å². The maximum absolute atomic E-state index is 13.7. The molecule has 0 spiro atoms. The van der Waals surface area contributed by atoms with Crippen LogP contribution in [-0.4, -0.2) is 25.8 Å². The zero-order valence-corrected chi connectivity index (χ0v) is 16.4. The molecule has 2 N–H and O–H groups in total. The first kappa shape index (κ1) is 19.3. The molecule has 0 saturated heterocycles. The molecule has 2 heterocycles. The van der Waals surface area contributed by atoms with Gasteiger partial charge in [0.15, 0.2) is 10.9 Å². The highest BCUT2D eigenvalue weighted by atomic mass is 79.9. The van der Waals surface area contributed by atoms with Gasteiger partial charge in [-0.3, -0.25) is 10.1 Å². The summed E-state index contributed by atoms with van der Waals surface area (Å²) < 4.78 is 28.9. The molecule has 2 aromatic heterocycles. The number of amides is 1. The molecule has 3 rings (SSSR count). The van der Waals surface area contributed by atoms with Crippen LogP contribution in [0.15, 0.2) is 47.2 Å². The molecule has 0 bridgehead atoms. The highest BCUT2D eigenvalue weighted by Crippen LogP contribution is 2.21. The van der Waals surface area contributed by atoms with Crippen LogP contribution in [-0.2, 0) is 0 Å². The SMILES string of the molecule is O=C(NC(=S)Nc1c(F)cccc1F)c1cc(Br)nn1-c1ncccc1Cl. The van der Waals surface area contributed by atoms with Crippen molar-refractivity contribution >= 4 is 56.5 Å². The van der Waals surface area contributed by atoms with Crippen molar-refractivity contribution in [1.82, 2.24) is 20.1 Å². The lowest BCUT2D eigenvalue weighted by molar-refractivity contribution is 0.0970. The smallest absolute Gasteiger partial charge is 0.276 e. The first-order valence-corrected chi connectivity index (χ1v) is 8.87. The van der Waals surface area contributed by atoms with Crippen molar-refractivity contribution in [3.63, 3.8) is 0 Å². The Morgan fingerprint density at radius 1 is 1.22 bits per heavy atom. The number of aromatic nitrogens is 3. The van der Waals surface area contributed by atoms with Crippen molar-refractivity contribution in [2.75, 3.05) is 5.32 Å². The van der Waals surface area contributed by atoms with E-state index in [0.29, 0.717) is 4.60 Å². The van der Waals surface area contributed by atoms with Crippen LogP contribution in [0.5, 0.6) is 0 Å². The Morgan fingerprint density at radius 2 is 1.93 bits per heavy atom. The summed E-state index contributed by atoms with van der Waals surface area (Å²) in [5.74, 6) is -2.14. The fourth-order valence-electron chi connectivity index (χ4n) is 2.14. The third kappa shape index (κ3) is 4.29. The zero-order chi connectivity index (χ0) is 19.6. The van der Waals surface area contributed by atoms with E-state index in [0.717, 1.165) is 12.1 Å². The maximum Gasteiger partial charge on any atom is 0.276 e. The predicted octanol–water partition coefficient (Wildman–Crippen LogP) is 4.09. The van der Waals surface area contributed by atoms with Gasteiger partial charge in [-0.05, 0) is 52.4 Å². The number of benzene rings is 1. The van der Waals surface area contributed by atoms with Gasteiger partial charge in [0, 0.05) is 12.3 Å². The molecule has 0 radical (unpaired) electrons. The zero-order valence-electron chi connectivity index (χ0n) is 13.2. The Bertz CT molecular complexity index is 1030. The second-order valence-electron chi connectivity index (χ2n) is 5.08. The third-order valence-corrected chi connectivity index (χ3v) is 4.17. The van der Waals surface area contributed by atoms with Crippen LogP contribution in [0.25, 0.3) is 5.82 Å². The molecule has 0 aliphatic heterocycles. The number of para-hydroxylation sites is 1. The summed E-state index contributed by atoms with van der Waals surface area (Å²) in [5, 5.41) is 8.77. The monoisotopic (exact) mass is 471 g/mol. The lowest BCUT2D eigenvalue weighted by Crippen LogP contribution is -2.35. The van der Waals surface area contributed by atoms with Gasteiger partial charge in [-0.2, -0.15) is 5.10 Å². The molecule has 0 fully saturated rings. The quantitative estimate of drug-likeness (QED) is 0.562. The van der Waals surface area contributed by atoms with Gasteiger partial charge in [-0.15, -0.1) is 0 Å². The number of halogens is 4. The molecular weight excluding hydrogens is 464 g/mol. The van der Waals surface area contributed by atoms with E-state index in [1.54, 1.807) is 12.1 Å². The third-order valence-electron chi connectivity index (χ3n) is 3.28. The van der Waals surface area contributed by atoms with Crippen molar-refractivity contribution in [3.8, 4) is 5.82 Å². The van der Waals surface area contributed by atoms with Crippen LogP contribution in [0.4, 0.5) is 14.5 Å². The van der Waals surface area contributed by atoms with E-state index in [1.165, 1.54) is 23.0 Å². The minimum Gasteiger partial charge on any atom is -0.328 e. The number of pyridine rings is 1. The summed E-state index contributed by atoms with van der Waals surface area (Å²) in [7, 11) is 0. The second kappa shape index (κ2) is 8.07. The van der Waals surface area contributed by atoms with Crippen LogP contribution in [0.2, 0.25) is 5.02 Å². The normalized spacial score (nSPS) is 10.5. The molecule has 3 aromatic rings. The number of anilines is 1. The number of rotatable bonds is 3. The van der Waals surface area contributed by atoms with Crippen molar-refractivity contribution in [2.24, 2.45) is 0 Å². The molecule has 138 valence electrons. The van der Waals surface area contributed by atoms with Gasteiger partial charge in [0.05, 0.1) is 5.02 Å². The average molecular weight is 473 g/mol. The van der Waals surface area contributed by atoms with E-state index in [4.69, 9.17) is 23.8 Å². The number of hydrogen-bond acceptors (Lipinski definition) is 4. The number of carbonyl (C=O) groups excluding carboxylic acids is 1. The molecule has 1 amide bonds. The van der Waals surface area contributed by atoms with E-state index in [2.05, 4.69) is 36.6 Å². The molecule has 0 aliphatic rings. The van der Waals surface area contributed by atoms with Crippen LogP contribution in [0.1, 0.15) is 10.5 Å². The summed E-state index contributed by atoms with van der Waals surface area (Å²) in [6.45, 7) is 0. The van der Waals surface area contributed by atoms with Crippen LogP contribution < -0.4 is 10.6 Å². The first-order chi connectivity index (χ1) is 12.9. The highest BCUT2D eigenvalue weighted by molar-refractivity contribution is 9.10.